The fourth-order valence-electron chi connectivity index (χ4n) is 3.71. The number of nitrogens with zero attached hydrogens (tertiary/aromatic N) is 1. The molecule has 0 fully saturated rings. The van der Waals surface area contributed by atoms with Crippen LogP contribution in [0.15, 0.2) is 83.8 Å². The lowest BCUT2D eigenvalue weighted by atomic mass is 10.2. The molecule has 1 heterocycles. The maximum atomic E-state index is 12.9. The van der Waals surface area contributed by atoms with Gasteiger partial charge in [0, 0.05) is 18.8 Å². The molecule has 170 valence electrons. The second-order valence-corrected chi connectivity index (χ2v) is 9.52. The van der Waals surface area contributed by atoms with Crippen molar-refractivity contribution >= 4 is 27.6 Å². The van der Waals surface area contributed by atoms with Gasteiger partial charge in [0.2, 0.25) is 10.0 Å². The second kappa shape index (κ2) is 9.56. The van der Waals surface area contributed by atoms with E-state index < -0.39 is 22.1 Å². The van der Waals surface area contributed by atoms with Crippen LogP contribution in [-0.2, 0) is 32.5 Å². The fourth-order valence-corrected chi connectivity index (χ4v) is 4.78. The topological polar surface area (TPSA) is 92.8 Å². The standard InChI is InChI=1S/C25H24N2O5S/c1-18(24(28)27-15-14-20-10-5-6-13-23(20)27)32-25(29)21-11-7-12-22(16-21)33(30,31)26-17-19-8-3-2-4-9-19/h2-13,16,18,26H,14-15,17H2,1H3. The molecule has 33 heavy (non-hydrogen) atoms. The molecule has 0 saturated carbocycles. The van der Waals surface area contributed by atoms with E-state index in [-0.39, 0.29) is 22.9 Å². The van der Waals surface area contributed by atoms with Crippen LogP contribution < -0.4 is 9.62 Å². The quantitative estimate of drug-likeness (QED) is 0.542. The van der Waals surface area contributed by atoms with Gasteiger partial charge < -0.3 is 9.64 Å². The molecule has 0 spiro atoms. The number of esters is 1. The summed E-state index contributed by atoms with van der Waals surface area (Å²) in [5.74, 6) is -1.08. The smallest absolute Gasteiger partial charge is 0.338 e. The number of ether oxygens (including phenoxy) is 1. The highest BCUT2D eigenvalue weighted by molar-refractivity contribution is 7.89. The van der Waals surface area contributed by atoms with Gasteiger partial charge in [0.05, 0.1) is 10.5 Å². The van der Waals surface area contributed by atoms with E-state index in [0.717, 1.165) is 23.2 Å². The van der Waals surface area contributed by atoms with Crippen molar-refractivity contribution in [3.63, 3.8) is 0 Å². The molecule has 1 N–H and O–H groups in total. The lowest BCUT2D eigenvalue weighted by Crippen LogP contribution is -2.39. The van der Waals surface area contributed by atoms with E-state index in [9.17, 15) is 18.0 Å². The summed E-state index contributed by atoms with van der Waals surface area (Å²) in [5, 5.41) is 0. The van der Waals surface area contributed by atoms with Crippen LogP contribution in [0, 0.1) is 0 Å². The largest absolute Gasteiger partial charge is 0.449 e. The number of rotatable bonds is 7. The zero-order valence-corrected chi connectivity index (χ0v) is 18.9. The summed E-state index contributed by atoms with van der Waals surface area (Å²) in [6.45, 7) is 2.17. The van der Waals surface area contributed by atoms with Crippen LogP contribution in [0.1, 0.15) is 28.4 Å². The Kier molecular flexibility index (Phi) is 6.57. The average molecular weight is 465 g/mol. The van der Waals surface area contributed by atoms with Gasteiger partial charge in [0.15, 0.2) is 6.10 Å². The third kappa shape index (κ3) is 5.13. The Morgan fingerprint density at radius 3 is 2.52 bits per heavy atom. The second-order valence-electron chi connectivity index (χ2n) is 7.75. The summed E-state index contributed by atoms with van der Waals surface area (Å²) < 4.78 is 33.3. The molecule has 0 aliphatic carbocycles. The van der Waals surface area contributed by atoms with E-state index in [2.05, 4.69) is 4.72 Å². The van der Waals surface area contributed by atoms with Gasteiger partial charge in [-0.05, 0) is 48.7 Å². The summed E-state index contributed by atoms with van der Waals surface area (Å²) in [6, 6.07) is 22.3. The molecule has 8 heteroatoms. The molecule has 0 bridgehead atoms. The van der Waals surface area contributed by atoms with Crippen molar-refractivity contribution in [3.05, 3.63) is 95.6 Å². The van der Waals surface area contributed by atoms with Crippen LogP contribution in [0.3, 0.4) is 0 Å². The zero-order chi connectivity index (χ0) is 23.4. The van der Waals surface area contributed by atoms with E-state index in [1.165, 1.54) is 31.2 Å². The highest BCUT2D eigenvalue weighted by Gasteiger charge is 2.30. The van der Waals surface area contributed by atoms with Crippen molar-refractivity contribution in [1.29, 1.82) is 0 Å². The Balaban J connectivity index is 1.42. The highest BCUT2D eigenvalue weighted by atomic mass is 32.2. The van der Waals surface area contributed by atoms with Gasteiger partial charge in [-0.15, -0.1) is 0 Å². The van der Waals surface area contributed by atoms with Crippen LogP contribution in [0.2, 0.25) is 0 Å². The molecular formula is C25H24N2O5S. The molecule has 0 radical (unpaired) electrons. The predicted molar refractivity (Wildman–Crippen MR) is 124 cm³/mol. The van der Waals surface area contributed by atoms with E-state index >= 15 is 0 Å². The lowest BCUT2D eigenvalue weighted by molar-refractivity contribution is -0.126. The van der Waals surface area contributed by atoms with E-state index in [4.69, 9.17) is 4.74 Å². The van der Waals surface area contributed by atoms with Gasteiger partial charge >= 0.3 is 5.97 Å². The third-order valence-electron chi connectivity index (χ3n) is 5.47. The maximum Gasteiger partial charge on any atom is 0.338 e. The number of anilines is 1. The molecule has 1 atom stereocenters. The minimum atomic E-state index is -3.84. The fraction of sp³-hybridized carbons (Fsp3) is 0.200. The maximum absolute atomic E-state index is 12.9. The first-order valence-electron chi connectivity index (χ1n) is 10.6. The molecule has 1 aliphatic rings. The van der Waals surface area contributed by atoms with Crippen LogP contribution in [0.4, 0.5) is 5.69 Å². The predicted octanol–water partition coefficient (Wildman–Crippen LogP) is 3.30. The molecule has 3 aromatic carbocycles. The van der Waals surface area contributed by atoms with E-state index in [1.54, 1.807) is 4.90 Å². The van der Waals surface area contributed by atoms with E-state index in [0.29, 0.717) is 6.54 Å². The van der Waals surface area contributed by atoms with Crippen LogP contribution in [0.5, 0.6) is 0 Å². The minimum Gasteiger partial charge on any atom is -0.449 e. The minimum absolute atomic E-state index is 0.0547. The molecule has 1 amide bonds. The van der Waals surface area contributed by atoms with Crippen LogP contribution in [-0.4, -0.2) is 32.9 Å². The first kappa shape index (κ1) is 22.7. The Morgan fingerprint density at radius 1 is 1.00 bits per heavy atom. The van der Waals surface area contributed by atoms with Crippen molar-refractivity contribution < 1.29 is 22.7 Å². The summed E-state index contributed by atoms with van der Waals surface area (Å²) in [5.41, 5.74) is 2.76. The van der Waals surface area contributed by atoms with Gasteiger partial charge in [0.1, 0.15) is 0 Å². The number of hydrogen-bond donors (Lipinski definition) is 1. The van der Waals surface area contributed by atoms with E-state index in [1.807, 2.05) is 54.6 Å². The first-order valence-corrected chi connectivity index (χ1v) is 12.1. The molecule has 1 aliphatic heterocycles. The van der Waals surface area contributed by atoms with Gasteiger partial charge in [-0.2, -0.15) is 0 Å². The third-order valence-corrected chi connectivity index (χ3v) is 6.87. The van der Waals surface area contributed by atoms with Crippen molar-refractivity contribution in [3.8, 4) is 0 Å². The Morgan fingerprint density at radius 2 is 1.73 bits per heavy atom. The molecule has 4 rings (SSSR count). The van der Waals surface area contributed by atoms with Gasteiger partial charge in [-0.1, -0.05) is 54.6 Å². The van der Waals surface area contributed by atoms with Crippen molar-refractivity contribution in [1.82, 2.24) is 4.72 Å². The molecule has 7 nitrogen and oxygen atoms in total. The number of nitrogens with one attached hydrogen (secondary N) is 1. The number of carbonyl (C=O) groups excluding carboxylic acids is 2. The molecule has 3 aromatic rings. The lowest BCUT2D eigenvalue weighted by Gasteiger charge is -2.21. The Labute approximate surface area is 193 Å². The summed E-state index contributed by atoms with van der Waals surface area (Å²) in [7, 11) is -3.84. The normalized spacial score (nSPS) is 13.9. The van der Waals surface area contributed by atoms with Crippen molar-refractivity contribution in [2.45, 2.75) is 30.9 Å². The van der Waals surface area contributed by atoms with Crippen molar-refractivity contribution in [2.24, 2.45) is 0 Å². The molecule has 0 saturated heterocycles. The van der Waals surface area contributed by atoms with Gasteiger partial charge in [-0.25, -0.2) is 17.9 Å². The Hall–Kier alpha value is -3.49. The number of amides is 1. The van der Waals surface area contributed by atoms with Gasteiger partial charge in [-0.3, -0.25) is 4.79 Å². The SMILES string of the molecule is CC(OC(=O)c1cccc(S(=O)(=O)NCc2ccccc2)c1)C(=O)N1CCc2ccccc21. The Bertz CT molecular complexity index is 1270. The average Bonchev–Trinajstić information content (AvgIpc) is 3.27. The zero-order valence-electron chi connectivity index (χ0n) is 18.1. The molecule has 0 aromatic heterocycles. The van der Waals surface area contributed by atoms with Crippen LogP contribution in [0.25, 0.3) is 0 Å². The summed E-state index contributed by atoms with van der Waals surface area (Å²) in [4.78, 5) is 27.1. The first-order chi connectivity index (χ1) is 15.8. The van der Waals surface area contributed by atoms with Crippen molar-refractivity contribution in [2.75, 3.05) is 11.4 Å². The highest BCUT2D eigenvalue weighted by Crippen LogP contribution is 2.28. The molecule has 1 unspecified atom stereocenters. The summed E-state index contributed by atoms with van der Waals surface area (Å²) in [6.07, 6.45) is -0.265. The van der Waals surface area contributed by atoms with Crippen LogP contribution >= 0.6 is 0 Å². The molecular weight excluding hydrogens is 440 g/mol. The number of sulfonamides is 1. The number of hydrogen-bond acceptors (Lipinski definition) is 5. The number of benzene rings is 3. The number of carbonyl (C=O) groups is 2. The summed E-state index contributed by atoms with van der Waals surface area (Å²) >= 11 is 0. The number of fused-ring (bicyclic) bond motifs is 1. The monoisotopic (exact) mass is 464 g/mol. The number of para-hydroxylation sites is 1. The van der Waals surface area contributed by atoms with Gasteiger partial charge in [0.25, 0.3) is 5.91 Å².